The Kier molecular flexibility index (Phi) is 6.40. The molecule has 0 bridgehead atoms. The van der Waals surface area contributed by atoms with Gasteiger partial charge in [0, 0.05) is 6.42 Å². The predicted octanol–water partition coefficient (Wildman–Crippen LogP) is 1.80. The Labute approximate surface area is 131 Å². The monoisotopic (exact) mass is 304 g/mol. The number of carbonyl (C=O) groups excluding carboxylic acids is 2. The van der Waals surface area contributed by atoms with Crippen molar-refractivity contribution < 1.29 is 14.3 Å². The van der Waals surface area contributed by atoms with E-state index >= 15 is 0 Å². The van der Waals surface area contributed by atoms with Crippen LogP contribution in [0.2, 0.25) is 0 Å². The van der Waals surface area contributed by atoms with Crippen LogP contribution >= 0.6 is 0 Å². The molecule has 1 aliphatic rings. The molecule has 1 fully saturated rings. The second kappa shape index (κ2) is 8.54. The first-order valence-corrected chi connectivity index (χ1v) is 7.92. The number of benzene rings is 1. The molecule has 0 aliphatic carbocycles. The van der Waals surface area contributed by atoms with E-state index in [9.17, 15) is 9.59 Å². The molecule has 5 nitrogen and oxygen atoms in total. The molecule has 0 radical (unpaired) electrons. The Morgan fingerprint density at radius 1 is 1.36 bits per heavy atom. The van der Waals surface area contributed by atoms with Crippen molar-refractivity contribution in [3.8, 4) is 0 Å². The smallest absolute Gasteiger partial charge is 0.333 e. The number of nitrogens with one attached hydrogen (secondary N) is 2. The highest BCUT2D eigenvalue weighted by molar-refractivity contribution is 5.85. The summed E-state index contributed by atoms with van der Waals surface area (Å²) in [7, 11) is 0. The third kappa shape index (κ3) is 4.84. The molecule has 2 rings (SSSR count). The maximum atomic E-state index is 12.2. The molecule has 1 amide bonds. The molecule has 1 saturated heterocycles. The number of amides is 1. The molecule has 22 heavy (non-hydrogen) atoms. The number of ether oxygens (including phenoxy) is 1. The first-order chi connectivity index (χ1) is 10.7. The van der Waals surface area contributed by atoms with E-state index in [1.54, 1.807) is 6.92 Å². The Morgan fingerprint density at radius 2 is 2.14 bits per heavy atom. The predicted molar refractivity (Wildman–Crippen MR) is 84.2 cm³/mol. The topological polar surface area (TPSA) is 67.4 Å². The Bertz CT molecular complexity index is 484. The van der Waals surface area contributed by atoms with Gasteiger partial charge in [0.2, 0.25) is 5.91 Å². The van der Waals surface area contributed by atoms with Gasteiger partial charge in [-0.05, 0) is 44.3 Å². The molecule has 1 aromatic rings. The van der Waals surface area contributed by atoms with Crippen molar-refractivity contribution in [2.24, 2.45) is 5.92 Å². The summed E-state index contributed by atoms with van der Waals surface area (Å²) >= 11 is 0. The average molecular weight is 304 g/mol. The van der Waals surface area contributed by atoms with E-state index in [1.807, 2.05) is 30.3 Å². The van der Waals surface area contributed by atoms with E-state index < -0.39 is 12.0 Å². The van der Waals surface area contributed by atoms with E-state index in [1.165, 1.54) is 0 Å². The summed E-state index contributed by atoms with van der Waals surface area (Å²) in [5.41, 5.74) is 0.747. The zero-order valence-corrected chi connectivity index (χ0v) is 13.0. The second-order valence-corrected chi connectivity index (χ2v) is 5.56. The molecule has 2 N–H and O–H groups in total. The van der Waals surface area contributed by atoms with Gasteiger partial charge in [0.05, 0.1) is 6.61 Å². The SMILES string of the molecule is CCOC(=O)[C@H](NC(=O)CCC1CCNC1)c1ccccc1. The Morgan fingerprint density at radius 3 is 2.77 bits per heavy atom. The lowest BCUT2D eigenvalue weighted by Gasteiger charge is -2.18. The fraction of sp³-hybridized carbons (Fsp3) is 0.529. The van der Waals surface area contributed by atoms with Crippen molar-refractivity contribution in [2.45, 2.75) is 32.2 Å². The van der Waals surface area contributed by atoms with Crippen LogP contribution < -0.4 is 10.6 Å². The van der Waals surface area contributed by atoms with Crippen LogP contribution in [0, 0.1) is 5.92 Å². The van der Waals surface area contributed by atoms with Crippen molar-refractivity contribution in [3.05, 3.63) is 35.9 Å². The molecular formula is C17H24N2O3. The maximum absolute atomic E-state index is 12.2. The maximum Gasteiger partial charge on any atom is 0.333 e. The number of carbonyl (C=O) groups is 2. The summed E-state index contributed by atoms with van der Waals surface area (Å²) in [6, 6.07) is 8.48. The minimum absolute atomic E-state index is 0.103. The summed E-state index contributed by atoms with van der Waals surface area (Å²) in [5.74, 6) is 0.0434. The van der Waals surface area contributed by atoms with Gasteiger partial charge in [-0.25, -0.2) is 4.79 Å². The molecular weight excluding hydrogens is 280 g/mol. The first-order valence-electron chi connectivity index (χ1n) is 7.92. The number of hydrogen-bond acceptors (Lipinski definition) is 4. The molecule has 1 heterocycles. The van der Waals surface area contributed by atoms with E-state index in [0.717, 1.165) is 31.5 Å². The van der Waals surface area contributed by atoms with Crippen molar-refractivity contribution in [1.82, 2.24) is 10.6 Å². The summed E-state index contributed by atoms with van der Waals surface area (Å²) in [6.45, 7) is 4.07. The first kappa shape index (κ1) is 16.5. The van der Waals surface area contributed by atoms with E-state index in [2.05, 4.69) is 10.6 Å². The van der Waals surface area contributed by atoms with Gasteiger partial charge in [0.25, 0.3) is 0 Å². The quantitative estimate of drug-likeness (QED) is 0.754. The number of esters is 1. The van der Waals surface area contributed by atoms with Crippen LogP contribution in [0.15, 0.2) is 30.3 Å². The van der Waals surface area contributed by atoms with Gasteiger partial charge in [-0.3, -0.25) is 4.79 Å². The van der Waals surface area contributed by atoms with Gasteiger partial charge in [-0.1, -0.05) is 30.3 Å². The molecule has 0 aromatic heterocycles. The van der Waals surface area contributed by atoms with Crippen molar-refractivity contribution in [1.29, 1.82) is 0 Å². The van der Waals surface area contributed by atoms with Gasteiger partial charge in [0.1, 0.15) is 0 Å². The lowest BCUT2D eigenvalue weighted by atomic mass is 10.0. The minimum Gasteiger partial charge on any atom is -0.464 e. The van der Waals surface area contributed by atoms with E-state index in [0.29, 0.717) is 18.9 Å². The van der Waals surface area contributed by atoms with Gasteiger partial charge in [-0.2, -0.15) is 0 Å². The van der Waals surface area contributed by atoms with Crippen LogP contribution in [0.25, 0.3) is 0 Å². The molecule has 2 atom stereocenters. The molecule has 5 heteroatoms. The van der Waals surface area contributed by atoms with Gasteiger partial charge < -0.3 is 15.4 Å². The summed E-state index contributed by atoms with van der Waals surface area (Å²) in [5, 5.41) is 6.10. The van der Waals surface area contributed by atoms with Crippen LogP contribution in [-0.4, -0.2) is 31.6 Å². The minimum atomic E-state index is -0.727. The summed E-state index contributed by atoms with van der Waals surface area (Å²) in [6.07, 6.45) is 2.41. The van der Waals surface area contributed by atoms with Crippen molar-refractivity contribution in [3.63, 3.8) is 0 Å². The lowest BCUT2D eigenvalue weighted by molar-refractivity contribution is -0.147. The Balaban J connectivity index is 1.93. The van der Waals surface area contributed by atoms with Gasteiger partial charge in [-0.15, -0.1) is 0 Å². The third-order valence-electron chi connectivity index (χ3n) is 3.90. The fourth-order valence-corrected chi connectivity index (χ4v) is 2.68. The Hall–Kier alpha value is -1.88. The molecule has 120 valence electrons. The van der Waals surface area contributed by atoms with Crippen LogP contribution in [0.1, 0.15) is 37.8 Å². The summed E-state index contributed by atoms with van der Waals surface area (Å²) in [4.78, 5) is 24.2. The zero-order chi connectivity index (χ0) is 15.8. The molecule has 1 aliphatic heterocycles. The highest BCUT2D eigenvalue weighted by Crippen LogP contribution is 2.17. The summed E-state index contributed by atoms with van der Waals surface area (Å²) < 4.78 is 5.07. The normalized spacial score (nSPS) is 18.7. The standard InChI is InChI=1S/C17H24N2O3/c1-2-22-17(21)16(14-6-4-3-5-7-14)19-15(20)9-8-13-10-11-18-12-13/h3-7,13,16,18H,2,8-12H2,1H3,(H,19,20)/t13?,16-/m1/s1. The van der Waals surface area contributed by atoms with Gasteiger partial charge in [0.15, 0.2) is 6.04 Å². The van der Waals surface area contributed by atoms with Gasteiger partial charge >= 0.3 is 5.97 Å². The zero-order valence-electron chi connectivity index (χ0n) is 13.0. The fourth-order valence-electron chi connectivity index (χ4n) is 2.68. The third-order valence-corrected chi connectivity index (χ3v) is 3.90. The van der Waals surface area contributed by atoms with E-state index in [4.69, 9.17) is 4.74 Å². The molecule has 1 aromatic carbocycles. The molecule has 0 spiro atoms. The van der Waals surface area contributed by atoms with Crippen LogP contribution in [0.3, 0.4) is 0 Å². The highest BCUT2D eigenvalue weighted by atomic mass is 16.5. The highest BCUT2D eigenvalue weighted by Gasteiger charge is 2.24. The average Bonchev–Trinajstić information content (AvgIpc) is 3.05. The van der Waals surface area contributed by atoms with Crippen LogP contribution in [0.5, 0.6) is 0 Å². The largest absolute Gasteiger partial charge is 0.464 e. The van der Waals surface area contributed by atoms with E-state index in [-0.39, 0.29) is 5.91 Å². The van der Waals surface area contributed by atoms with Crippen molar-refractivity contribution >= 4 is 11.9 Å². The second-order valence-electron chi connectivity index (χ2n) is 5.56. The van der Waals surface area contributed by atoms with Crippen molar-refractivity contribution in [2.75, 3.05) is 19.7 Å². The molecule has 0 saturated carbocycles. The lowest BCUT2D eigenvalue weighted by Crippen LogP contribution is -2.35. The number of hydrogen-bond donors (Lipinski definition) is 2. The van der Waals surface area contributed by atoms with Crippen LogP contribution in [-0.2, 0) is 14.3 Å². The number of rotatable bonds is 7. The van der Waals surface area contributed by atoms with Crippen LogP contribution in [0.4, 0.5) is 0 Å². The molecule has 1 unspecified atom stereocenters.